The van der Waals surface area contributed by atoms with Crippen LogP contribution in [0.4, 0.5) is 0 Å². The quantitative estimate of drug-likeness (QED) is 0.372. The summed E-state index contributed by atoms with van der Waals surface area (Å²) in [5, 5.41) is 9.26. The molecule has 2 rings (SSSR count). The minimum atomic E-state index is -0.456. The van der Waals surface area contributed by atoms with Crippen molar-refractivity contribution in [3.63, 3.8) is 0 Å². The Balaban J connectivity index is 2.41. The fraction of sp³-hybridized carbons (Fsp3) is 0.500. The molecule has 0 bridgehead atoms. The highest BCUT2D eigenvalue weighted by Gasteiger charge is 2.30. The first-order valence-corrected chi connectivity index (χ1v) is 6.67. The van der Waals surface area contributed by atoms with Gasteiger partial charge in [-0.3, -0.25) is 0 Å². The smallest absolute Gasteiger partial charge is 0.223 e. The van der Waals surface area contributed by atoms with Crippen molar-refractivity contribution in [3.05, 3.63) is 22.2 Å². The predicted molar refractivity (Wildman–Crippen MR) is 74.4 cm³/mol. The first-order valence-electron chi connectivity index (χ1n) is 5.91. The minimum Gasteiger partial charge on any atom is -0.356 e. The van der Waals surface area contributed by atoms with Crippen molar-refractivity contribution in [3.8, 4) is 6.07 Å². The second-order valence-corrected chi connectivity index (χ2v) is 5.14. The van der Waals surface area contributed by atoms with Gasteiger partial charge in [-0.25, -0.2) is 15.0 Å². The third kappa shape index (κ3) is 3.34. The molecule has 1 aliphatic rings. The van der Waals surface area contributed by atoms with Crippen LogP contribution >= 0.6 is 23.2 Å². The van der Waals surface area contributed by atoms with Gasteiger partial charge in [-0.05, 0) is 31.4 Å². The van der Waals surface area contributed by atoms with Crippen molar-refractivity contribution in [2.45, 2.75) is 31.8 Å². The van der Waals surface area contributed by atoms with Crippen LogP contribution in [-0.2, 0) is 0 Å². The van der Waals surface area contributed by atoms with Crippen molar-refractivity contribution in [2.24, 2.45) is 4.99 Å². The molecule has 1 unspecified atom stereocenters. The summed E-state index contributed by atoms with van der Waals surface area (Å²) in [7, 11) is 1.94. The summed E-state index contributed by atoms with van der Waals surface area (Å²) in [6, 6.07) is 2.07. The fourth-order valence-corrected chi connectivity index (χ4v) is 2.08. The average Bonchev–Trinajstić information content (AvgIpc) is 3.20. The molecule has 0 aliphatic heterocycles. The molecule has 0 amide bonds. The number of nitrogens with zero attached hydrogens (tertiary/aromatic N) is 5. The van der Waals surface area contributed by atoms with Gasteiger partial charge in [0.25, 0.3) is 0 Å². The molecule has 1 aromatic rings. The standard InChI is InChI=1S/C12H13Cl2N5/c1-7(5-15)17-11(19(2)8-3-4-8)9-6-16-12(14)18-10(9)13/h6-8H,3-4H2,1-2H3. The van der Waals surface area contributed by atoms with Crippen LogP contribution < -0.4 is 0 Å². The molecule has 0 spiro atoms. The van der Waals surface area contributed by atoms with E-state index in [0.29, 0.717) is 17.4 Å². The summed E-state index contributed by atoms with van der Waals surface area (Å²) < 4.78 is 0. The van der Waals surface area contributed by atoms with Gasteiger partial charge in [-0.15, -0.1) is 0 Å². The van der Waals surface area contributed by atoms with E-state index >= 15 is 0 Å². The number of nitriles is 1. The Hall–Kier alpha value is -1.38. The van der Waals surface area contributed by atoms with Gasteiger partial charge in [0.05, 0.1) is 11.6 Å². The molecule has 100 valence electrons. The van der Waals surface area contributed by atoms with Gasteiger partial charge >= 0.3 is 0 Å². The van der Waals surface area contributed by atoms with Crippen molar-refractivity contribution in [1.29, 1.82) is 5.26 Å². The SMILES string of the molecule is CC(C#N)N=C(c1cnc(Cl)nc1Cl)N(C)C1CC1. The van der Waals surface area contributed by atoms with E-state index in [2.05, 4.69) is 21.0 Å². The highest BCUT2D eigenvalue weighted by atomic mass is 35.5. The van der Waals surface area contributed by atoms with Gasteiger partial charge in [0.15, 0.2) is 0 Å². The average molecular weight is 298 g/mol. The van der Waals surface area contributed by atoms with Gasteiger partial charge in [-0.1, -0.05) is 11.6 Å². The molecular weight excluding hydrogens is 285 g/mol. The lowest BCUT2D eigenvalue weighted by Crippen LogP contribution is -2.31. The van der Waals surface area contributed by atoms with Crippen molar-refractivity contribution < 1.29 is 0 Å². The summed E-state index contributed by atoms with van der Waals surface area (Å²) in [6.07, 6.45) is 3.77. The Morgan fingerprint density at radius 2 is 2.26 bits per heavy atom. The number of amidine groups is 1. The topological polar surface area (TPSA) is 65.2 Å². The summed E-state index contributed by atoms with van der Waals surface area (Å²) in [5.74, 6) is 0.637. The molecule has 7 heteroatoms. The normalized spacial score (nSPS) is 16.9. The zero-order chi connectivity index (χ0) is 14.0. The molecule has 0 aromatic carbocycles. The Kier molecular flexibility index (Phi) is 4.23. The van der Waals surface area contributed by atoms with Crippen LogP contribution in [0, 0.1) is 11.3 Å². The highest BCUT2D eigenvalue weighted by Crippen LogP contribution is 2.28. The summed E-state index contributed by atoms with van der Waals surface area (Å²) in [6.45, 7) is 1.73. The van der Waals surface area contributed by atoms with Gasteiger partial charge in [0, 0.05) is 19.3 Å². The lowest BCUT2D eigenvalue weighted by Gasteiger charge is -2.22. The van der Waals surface area contributed by atoms with Gasteiger partial charge in [-0.2, -0.15) is 5.26 Å². The number of hydrogen-bond donors (Lipinski definition) is 0. The third-order valence-corrected chi connectivity index (χ3v) is 3.36. The largest absolute Gasteiger partial charge is 0.356 e. The molecule has 1 aromatic heterocycles. The third-order valence-electron chi connectivity index (χ3n) is 2.89. The number of hydrogen-bond acceptors (Lipinski definition) is 4. The van der Waals surface area contributed by atoms with Crippen LogP contribution in [0.15, 0.2) is 11.2 Å². The fourth-order valence-electron chi connectivity index (χ4n) is 1.69. The Morgan fingerprint density at radius 1 is 1.58 bits per heavy atom. The van der Waals surface area contributed by atoms with E-state index in [4.69, 9.17) is 28.5 Å². The van der Waals surface area contributed by atoms with Gasteiger partial charge < -0.3 is 4.90 Å². The summed E-state index contributed by atoms with van der Waals surface area (Å²) in [4.78, 5) is 14.3. The molecular formula is C12H13Cl2N5. The highest BCUT2D eigenvalue weighted by molar-refractivity contribution is 6.34. The molecule has 0 N–H and O–H groups in total. The molecule has 1 heterocycles. The van der Waals surface area contributed by atoms with E-state index in [1.54, 1.807) is 13.1 Å². The number of aliphatic imine (C=N–C) groups is 1. The predicted octanol–water partition coefficient (Wildman–Crippen LogP) is 2.54. The Bertz CT molecular complexity index is 548. The van der Waals surface area contributed by atoms with Gasteiger partial charge in [0.1, 0.15) is 17.0 Å². The lowest BCUT2D eigenvalue weighted by atomic mass is 10.2. The molecule has 1 aliphatic carbocycles. The minimum absolute atomic E-state index is 0.0931. The van der Waals surface area contributed by atoms with Crippen LogP contribution in [0.5, 0.6) is 0 Å². The maximum absolute atomic E-state index is 8.92. The van der Waals surface area contributed by atoms with E-state index in [1.165, 1.54) is 0 Å². The van der Waals surface area contributed by atoms with Crippen LogP contribution in [0.3, 0.4) is 0 Å². The van der Waals surface area contributed by atoms with E-state index in [0.717, 1.165) is 12.8 Å². The summed E-state index contributed by atoms with van der Waals surface area (Å²) >= 11 is 11.8. The van der Waals surface area contributed by atoms with Crippen molar-refractivity contribution in [1.82, 2.24) is 14.9 Å². The maximum atomic E-state index is 8.92. The van der Waals surface area contributed by atoms with E-state index in [9.17, 15) is 0 Å². The van der Waals surface area contributed by atoms with E-state index in [-0.39, 0.29) is 10.4 Å². The number of aromatic nitrogens is 2. The maximum Gasteiger partial charge on any atom is 0.223 e. The first kappa shape index (κ1) is 14.0. The second kappa shape index (κ2) is 5.72. The molecule has 19 heavy (non-hydrogen) atoms. The summed E-state index contributed by atoms with van der Waals surface area (Å²) in [5.41, 5.74) is 0.600. The van der Waals surface area contributed by atoms with Crippen LogP contribution in [-0.4, -0.2) is 39.8 Å². The van der Waals surface area contributed by atoms with E-state index in [1.807, 2.05) is 11.9 Å². The van der Waals surface area contributed by atoms with Crippen LogP contribution in [0.25, 0.3) is 0 Å². The zero-order valence-electron chi connectivity index (χ0n) is 10.6. The lowest BCUT2D eigenvalue weighted by molar-refractivity contribution is 0.493. The molecule has 0 saturated heterocycles. The molecule has 1 atom stereocenters. The monoisotopic (exact) mass is 297 g/mol. The van der Waals surface area contributed by atoms with Crippen LogP contribution in [0.2, 0.25) is 10.4 Å². The van der Waals surface area contributed by atoms with Crippen molar-refractivity contribution >= 4 is 29.0 Å². The molecule has 1 fully saturated rings. The zero-order valence-corrected chi connectivity index (χ0v) is 12.2. The Morgan fingerprint density at radius 3 is 2.79 bits per heavy atom. The Labute approximate surface area is 121 Å². The molecule has 1 saturated carbocycles. The van der Waals surface area contributed by atoms with Crippen molar-refractivity contribution in [2.75, 3.05) is 7.05 Å². The second-order valence-electron chi connectivity index (χ2n) is 4.44. The first-order chi connectivity index (χ1) is 9.02. The van der Waals surface area contributed by atoms with Crippen LogP contribution in [0.1, 0.15) is 25.3 Å². The van der Waals surface area contributed by atoms with E-state index < -0.39 is 6.04 Å². The molecule has 5 nitrogen and oxygen atoms in total. The molecule has 0 radical (unpaired) electrons. The number of rotatable bonds is 3. The number of halogens is 2. The van der Waals surface area contributed by atoms with Gasteiger partial charge in [0.2, 0.25) is 5.28 Å².